The average molecular weight is 585 g/mol. The molecule has 0 radical (unpaired) electrons. The van der Waals surface area contributed by atoms with Gasteiger partial charge in [0.15, 0.2) is 18.1 Å². The summed E-state index contributed by atoms with van der Waals surface area (Å²) in [5, 5.41) is 14.8. The van der Waals surface area contributed by atoms with Crippen LogP contribution in [0.3, 0.4) is 0 Å². The third kappa shape index (κ3) is 7.28. The Morgan fingerprint density at radius 1 is 1.06 bits per heavy atom. The molecule has 0 atom stereocenters. The molecule has 0 spiro atoms. The zero-order chi connectivity index (χ0) is 25.4. The van der Waals surface area contributed by atoms with Crippen LogP contribution in [0.5, 0.6) is 11.5 Å². The number of carbonyl (C=O) groups excluding carboxylic acids is 2. The van der Waals surface area contributed by atoms with Gasteiger partial charge in [-0.1, -0.05) is 17.7 Å². The average Bonchev–Trinajstić information content (AvgIpc) is 2.84. The van der Waals surface area contributed by atoms with Crippen molar-refractivity contribution in [2.45, 2.75) is 6.92 Å². The Morgan fingerprint density at radius 2 is 1.69 bits per heavy atom. The van der Waals surface area contributed by atoms with Crippen molar-refractivity contribution >= 4 is 51.9 Å². The van der Waals surface area contributed by atoms with Gasteiger partial charge in [0.2, 0.25) is 0 Å². The van der Waals surface area contributed by atoms with Gasteiger partial charge in [-0.05, 0) is 89.7 Å². The summed E-state index contributed by atoms with van der Waals surface area (Å²) in [5.74, 6) is -0.711. The van der Waals surface area contributed by atoms with E-state index in [-0.39, 0.29) is 12.2 Å². The summed E-state index contributed by atoms with van der Waals surface area (Å²) < 4.78 is 24.7. The zero-order valence-corrected chi connectivity index (χ0v) is 21.1. The Morgan fingerprint density at radius 3 is 2.31 bits per heavy atom. The molecule has 178 valence electrons. The maximum absolute atomic E-state index is 13.0. The van der Waals surface area contributed by atoms with E-state index in [1.807, 2.05) is 47.7 Å². The van der Waals surface area contributed by atoms with E-state index in [9.17, 15) is 19.2 Å². The van der Waals surface area contributed by atoms with E-state index >= 15 is 0 Å². The van der Waals surface area contributed by atoms with Crippen molar-refractivity contribution in [3.63, 3.8) is 0 Å². The Hall–Kier alpha value is -3.91. The van der Waals surface area contributed by atoms with Gasteiger partial charge in [-0.2, -0.15) is 5.26 Å². The van der Waals surface area contributed by atoms with E-state index in [0.29, 0.717) is 32.0 Å². The summed E-state index contributed by atoms with van der Waals surface area (Å²) in [7, 11) is 1.44. The van der Waals surface area contributed by atoms with Crippen molar-refractivity contribution in [3.8, 4) is 17.6 Å². The first-order valence-electron chi connectivity index (χ1n) is 10.3. The molecule has 0 saturated carbocycles. The molecule has 7 nitrogen and oxygen atoms in total. The molecule has 2 amide bonds. The van der Waals surface area contributed by atoms with Crippen LogP contribution in [-0.2, 0) is 9.59 Å². The molecule has 0 aliphatic heterocycles. The number of nitrogens with one attached hydrogen (secondary N) is 2. The first-order valence-corrected chi connectivity index (χ1v) is 11.4. The van der Waals surface area contributed by atoms with Crippen LogP contribution in [0.25, 0.3) is 6.08 Å². The van der Waals surface area contributed by atoms with Crippen molar-refractivity contribution in [2.75, 3.05) is 24.4 Å². The van der Waals surface area contributed by atoms with Crippen molar-refractivity contribution in [1.29, 1.82) is 5.26 Å². The van der Waals surface area contributed by atoms with Gasteiger partial charge >= 0.3 is 0 Å². The monoisotopic (exact) mass is 585 g/mol. The number of hydrogen-bond acceptors (Lipinski definition) is 5. The normalized spacial score (nSPS) is 10.8. The number of benzene rings is 3. The fourth-order valence-electron chi connectivity index (χ4n) is 2.98. The number of amides is 2. The summed E-state index contributed by atoms with van der Waals surface area (Å²) in [6, 6.07) is 17.8. The topological polar surface area (TPSA) is 100 Å². The van der Waals surface area contributed by atoms with Crippen LogP contribution in [0.4, 0.5) is 15.8 Å². The van der Waals surface area contributed by atoms with Crippen LogP contribution in [0.1, 0.15) is 11.1 Å². The third-order valence-electron chi connectivity index (χ3n) is 4.71. The van der Waals surface area contributed by atoms with E-state index in [4.69, 9.17) is 9.47 Å². The van der Waals surface area contributed by atoms with Gasteiger partial charge in [-0.3, -0.25) is 9.59 Å². The summed E-state index contributed by atoms with van der Waals surface area (Å²) in [4.78, 5) is 24.8. The van der Waals surface area contributed by atoms with E-state index in [0.717, 1.165) is 5.56 Å². The number of nitrogens with zero attached hydrogens (tertiary/aromatic N) is 1. The van der Waals surface area contributed by atoms with Gasteiger partial charge in [0.1, 0.15) is 17.5 Å². The Kier molecular flexibility index (Phi) is 8.80. The van der Waals surface area contributed by atoms with Gasteiger partial charge in [-0.15, -0.1) is 0 Å². The molecule has 3 rings (SSSR count). The van der Waals surface area contributed by atoms with Crippen LogP contribution in [0.15, 0.2) is 66.2 Å². The van der Waals surface area contributed by atoms with Crippen LogP contribution in [0, 0.1) is 27.6 Å². The highest BCUT2D eigenvalue weighted by atomic mass is 127. The second-order valence-corrected chi connectivity index (χ2v) is 8.53. The van der Waals surface area contributed by atoms with Crippen molar-refractivity contribution < 1.29 is 23.5 Å². The van der Waals surface area contributed by atoms with E-state index in [1.54, 1.807) is 24.3 Å². The van der Waals surface area contributed by atoms with Crippen LogP contribution < -0.4 is 20.1 Å². The number of halogens is 2. The lowest BCUT2D eigenvalue weighted by molar-refractivity contribution is -0.118. The largest absolute Gasteiger partial charge is 0.493 e. The summed E-state index contributed by atoms with van der Waals surface area (Å²) >= 11 is 2.02. The maximum Gasteiger partial charge on any atom is 0.266 e. The van der Waals surface area contributed by atoms with Gasteiger partial charge in [0, 0.05) is 11.4 Å². The Bertz CT molecular complexity index is 1300. The number of nitriles is 1. The molecule has 0 aliphatic rings. The molecule has 0 heterocycles. The molecule has 0 saturated heterocycles. The number of anilines is 2. The molecular weight excluding hydrogens is 564 g/mol. The zero-order valence-electron chi connectivity index (χ0n) is 18.9. The Labute approximate surface area is 215 Å². The predicted molar refractivity (Wildman–Crippen MR) is 140 cm³/mol. The minimum Gasteiger partial charge on any atom is -0.493 e. The highest BCUT2D eigenvalue weighted by molar-refractivity contribution is 14.1. The van der Waals surface area contributed by atoms with E-state index in [2.05, 4.69) is 10.6 Å². The van der Waals surface area contributed by atoms with E-state index < -0.39 is 17.6 Å². The molecule has 0 aromatic heterocycles. The lowest BCUT2D eigenvalue weighted by Crippen LogP contribution is -2.20. The minimum absolute atomic E-state index is 0.0872. The highest BCUT2D eigenvalue weighted by Gasteiger charge is 2.15. The second kappa shape index (κ2) is 12.0. The number of ether oxygens (including phenoxy) is 2. The summed E-state index contributed by atoms with van der Waals surface area (Å²) in [6.07, 6.45) is 1.44. The van der Waals surface area contributed by atoms with Gasteiger partial charge in [-0.25, -0.2) is 4.39 Å². The SMILES string of the molecule is COc1cc(/C=C(/C#N)C(=O)Nc2ccc(C)cc2)cc(I)c1OCC(=O)Nc1ccc(F)cc1. The van der Waals surface area contributed by atoms with Crippen molar-refractivity contribution in [1.82, 2.24) is 0 Å². The third-order valence-corrected chi connectivity index (χ3v) is 5.51. The van der Waals surface area contributed by atoms with Gasteiger partial charge < -0.3 is 20.1 Å². The molecule has 2 N–H and O–H groups in total. The highest BCUT2D eigenvalue weighted by Crippen LogP contribution is 2.34. The molecule has 35 heavy (non-hydrogen) atoms. The summed E-state index contributed by atoms with van der Waals surface area (Å²) in [5.41, 5.74) is 2.53. The molecule has 0 aliphatic carbocycles. The van der Waals surface area contributed by atoms with Crippen molar-refractivity contribution in [2.24, 2.45) is 0 Å². The maximum atomic E-state index is 13.0. The molecule has 3 aromatic carbocycles. The lowest BCUT2D eigenvalue weighted by atomic mass is 10.1. The molecule has 0 bridgehead atoms. The quantitative estimate of drug-likeness (QED) is 0.212. The number of methoxy groups -OCH3 is 1. The van der Waals surface area contributed by atoms with Crippen LogP contribution in [0.2, 0.25) is 0 Å². The minimum atomic E-state index is -0.539. The Balaban J connectivity index is 1.72. The summed E-state index contributed by atoms with van der Waals surface area (Å²) in [6.45, 7) is 1.63. The first-order chi connectivity index (χ1) is 16.8. The lowest BCUT2D eigenvalue weighted by Gasteiger charge is -2.14. The van der Waals surface area contributed by atoms with Crippen LogP contribution in [-0.4, -0.2) is 25.5 Å². The van der Waals surface area contributed by atoms with Gasteiger partial charge in [0.25, 0.3) is 11.8 Å². The molecule has 0 unspecified atom stereocenters. The van der Waals surface area contributed by atoms with Crippen LogP contribution >= 0.6 is 22.6 Å². The second-order valence-electron chi connectivity index (χ2n) is 7.37. The first kappa shape index (κ1) is 25.7. The molecule has 3 aromatic rings. The molecular formula is C26H21FIN3O4. The number of rotatable bonds is 8. The van der Waals surface area contributed by atoms with Gasteiger partial charge in [0.05, 0.1) is 10.7 Å². The molecule has 0 fully saturated rings. The fraction of sp³-hybridized carbons (Fsp3) is 0.115. The predicted octanol–water partition coefficient (Wildman–Crippen LogP) is 5.31. The molecule has 9 heteroatoms. The number of carbonyl (C=O) groups is 2. The van der Waals surface area contributed by atoms with Crippen molar-refractivity contribution in [3.05, 3.63) is 86.8 Å². The van der Waals surface area contributed by atoms with E-state index in [1.165, 1.54) is 37.5 Å². The standard InChI is InChI=1S/C26H21FIN3O4/c1-16-3-7-21(8-4-16)31-26(33)18(14-29)11-17-12-22(28)25(23(13-17)34-2)35-15-24(32)30-20-9-5-19(27)6-10-20/h3-13H,15H2,1-2H3,(H,30,32)(H,31,33)/b18-11-. The smallest absolute Gasteiger partial charge is 0.266 e. The number of aryl methyl sites for hydroxylation is 1. The fourth-order valence-corrected chi connectivity index (χ4v) is 3.76. The number of hydrogen-bond donors (Lipinski definition) is 2.